The molecule has 0 fully saturated rings. The lowest BCUT2D eigenvalue weighted by atomic mass is 10.0. The first-order valence-electron chi connectivity index (χ1n) is 4.12. The molecule has 1 aromatic rings. The van der Waals surface area contributed by atoms with Crippen LogP contribution in [-0.4, -0.2) is 0 Å². The van der Waals surface area contributed by atoms with Crippen molar-refractivity contribution in [1.82, 2.24) is 0 Å². The molecular formula is C11H12BrF. The molecule has 0 aliphatic carbocycles. The summed E-state index contributed by atoms with van der Waals surface area (Å²) in [5, 5.41) is 0. The average Bonchev–Trinajstić information content (AvgIpc) is 2.08. The molecule has 0 aliphatic heterocycles. The van der Waals surface area contributed by atoms with Crippen LogP contribution >= 0.6 is 15.9 Å². The van der Waals surface area contributed by atoms with Gasteiger partial charge in [-0.25, -0.2) is 4.39 Å². The van der Waals surface area contributed by atoms with Gasteiger partial charge >= 0.3 is 0 Å². The van der Waals surface area contributed by atoms with Gasteiger partial charge in [0.25, 0.3) is 0 Å². The lowest BCUT2D eigenvalue weighted by Gasteiger charge is -2.06. The molecule has 1 rings (SSSR count). The second-order valence-corrected chi connectivity index (χ2v) is 4.16. The van der Waals surface area contributed by atoms with Crippen molar-refractivity contribution in [2.24, 2.45) is 0 Å². The first kappa shape index (κ1) is 10.5. The molecule has 0 nitrogen and oxygen atoms in total. The monoisotopic (exact) mass is 242 g/mol. The number of allylic oxidation sites excluding steroid dienone is 2. The molecule has 0 saturated carbocycles. The van der Waals surface area contributed by atoms with Crippen LogP contribution in [0.3, 0.4) is 0 Å². The minimum absolute atomic E-state index is 0.165. The molecule has 0 aromatic heterocycles. The van der Waals surface area contributed by atoms with Crippen LogP contribution in [0.4, 0.5) is 4.39 Å². The number of hydrogen-bond acceptors (Lipinski definition) is 0. The molecule has 0 saturated heterocycles. The van der Waals surface area contributed by atoms with Crippen molar-refractivity contribution in [3.05, 3.63) is 39.6 Å². The predicted molar refractivity (Wildman–Crippen MR) is 58.0 cm³/mol. The van der Waals surface area contributed by atoms with E-state index in [4.69, 9.17) is 0 Å². The summed E-state index contributed by atoms with van der Waals surface area (Å²) in [5.41, 5.74) is 2.81. The van der Waals surface area contributed by atoms with Crippen molar-refractivity contribution in [2.45, 2.75) is 20.8 Å². The fourth-order valence-corrected chi connectivity index (χ4v) is 1.42. The second-order valence-electron chi connectivity index (χ2n) is 3.25. The molecule has 0 heterocycles. The smallest absolute Gasteiger partial charge is 0.130 e. The van der Waals surface area contributed by atoms with E-state index in [2.05, 4.69) is 15.9 Å². The summed E-state index contributed by atoms with van der Waals surface area (Å²) in [6.07, 6.45) is 0. The van der Waals surface area contributed by atoms with Crippen LogP contribution in [-0.2, 0) is 0 Å². The summed E-state index contributed by atoms with van der Waals surface area (Å²) < 4.78 is 14.2. The third-order valence-electron chi connectivity index (χ3n) is 2.08. The van der Waals surface area contributed by atoms with Gasteiger partial charge in [0.1, 0.15) is 5.82 Å². The normalized spacial score (nSPS) is 9.92. The van der Waals surface area contributed by atoms with E-state index in [0.29, 0.717) is 5.56 Å². The van der Waals surface area contributed by atoms with Crippen molar-refractivity contribution >= 4 is 21.5 Å². The molecule has 0 radical (unpaired) electrons. The third kappa shape index (κ3) is 2.41. The van der Waals surface area contributed by atoms with Gasteiger partial charge < -0.3 is 0 Å². The molecule has 0 spiro atoms. The highest BCUT2D eigenvalue weighted by molar-refractivity contribution is 9.10. The van der Waals surface area contributed by atoms with Crippen LogP contribution in [0.5, 0.6) is 0 Å². The number of hydrogen-bond donors (Lipinski definition) is 0. The molecule has 0 unspecified atom stereocenters. The summed E-state index contributed by atoms with van der Waals surface area (Å²) in [4.78, 5) is 0. The van der Waals surface area contributed by atoms with Gasteiger partial charge in [-0.05, 0) is 44.5 Å². The van der Waals surface area contributed by atoms with E-state index in [1.165, 1.54) is 6.07 Å². The van der Waals surface area contributed by atoms with E-state index in [1.54, 1.807) is 12.1 Å². The largest absolute Gasteiger partial charge is 0.206 e. The summed E-state index contributed by atoms with van der Waals surface area (Å²) >= 11 is 3.32. The van der Waals surface area contributed by atoms with Crippen LogP contribution in [0.2, 0.25) is 0 Å². The maximum Gasteiger partial charge on any atom is 0.130 e. The molecule has 0 amide bonds. The zero-order valence-electron chi connectivity index (χ0n) is 7.99. The van der Waals surface area contributed by atoms with Crippen LogP contribution in [0.25, 0.3) is 5.57 Å². The topological polar surface area (TPSA) is 0 Å². The van der Waals surface area contributed by atoms with E-state index >= 15 is 0 Å². The Morgan fingerprint density at radius 1 is 1.23 bits per heavy atom. The van der Waals surface area contributed by atoms with Gasteiger partial charge in [-0.3, -0.25) is 0 Å². The SMILES string of the molecule is CC(C)=C(C)c1cc(Br)ccc1F. The Morgan fingerprint density at radius 3 is 2.38 bits per heavy atom. The number of rotatable bonds is 1. The van der Waals surface area contributed by atoms with Gasteiger partial charge in [0.05, 0.1) is 0 Å². The molecule has 0 N–H and O–H groups in total. The molecule has 0 atom stereocenters. The highest BCUT2D eigenvalue weighted by Gasteiger charge is 2.05. The summed E-state index contributed by atoms with van der Waals surface area (Å²) in [7, 11) is 0. The van der Waals surface area contributed by atoms with Gasteiger partial charge in [-0.15, -0.1) is 0 Å². The Labute approximate surface area is 86.6 Å². The fourth-order valence-electron chi connectivity index (χ4n) is 1.05. The van der Waals surface area contributed by atoms with Crippen molar-refractivity contribution in [2.75, 3.05) is 0 Å². The Bertz CT molecular complexity index is 349. The standard InChI is InChI=1S/C11H12BrF/c1-7(2)8(3)10-6-9(12)4-5-11(10)13/h4-6H,1-3H3. The molecule has 0 aliphatic rings. The van der Waals surface area contributed by atoms with Crippen molar-refractivity contribution < 1.29 is 4.39 Å². The van der Waals surface area contributed by atoms with Crippen molar-refractivity contribution in [3.8, 4) is 0 Å². The van der Waals surface area contributed by atoms with Gasteiger partial charge in [0.15, 0.2) is 0 Å². The minimum atomic E-state index is -0.165. The maximum atomic E-state index is 13.3. The summed E-state index contributed by atoms with van der Waals surface area (Å²) in [6, 6.07) is 4.99. The maximum absolute atomic E-state index is 13.3. The Morgan fingerprint density at radius 2 is 1.85 bits per heavy atom. The molecule has 2 heteroatoms. The molecule has 0 bridgehead atoms. The van der Waals surface area contributed by atoms with Crippen LogP contribution in [0, 0.1) is 5.82 Å². The van der Waals surface area contributed by atoms with Crippen LogP contribution in [0.1, 0.15) is 26.3 Å². The Balaban J connectivity index is 3.29. The second kappa shape index (κ2) is 4.05. The molecule has 70 valence electrons. The van der Waals surface area contributed by atoms with Gasteiger partial charge in [0.2, 0.25) is 0 Å². The Kier molecular flexibility index (Phi) is 3.26. The van der Waals surface area contributed by atoms with E-state index in [9.17, 15) is 4.39 Å². The lowest BCUT2D eigenvalue weighted by Crippen LogP contribution is -1.88. The minimum Gasteiger partial charge on any atom is -0.206 e. The van der Waals surface area contributed by atoms with E-state index in [1.807, 2.05) is 20.8 Å². The van der Waals surface area contributed by atoms with E-state index in [-0.39, 0.29) is 5.82 Å². The first-order chi connectivity index (χ1) is 6.02. The predicted octanol–water partition coefficient (Wildman–Crippen LogP) is 4.40. The van der Waals surface area contributed by atoms with Crippen LogP contribution < -0.4 is 0 Å². The lowest BCUT2D eigenvalue weighted by molar-refractivity contribution is 0.623. The first-order valence-corrected chi connectivity index (χ1v) is 4.91. The highest BCUT2D eigenvalue weighted by atomic mass is 79.9. The molecule has 13 heavy (non-hydrogen) atoms. The molecule has 1 aromatic carbocycles. The third-order valence-corrected chi connectivity index (χ3v) is 2.58. The zero-order valence-corrected chi connectivity index (χ0v) is 9.57. The number of halogens is 2. The van der Waals surface area contributed by atoms with Gasteiger partial charge in [-0.1, -0.05) is 21.5 Å². The quantitative estimate of drug-likeness (QED) is 0.685. The Hall–Kier alpha value is -0.630. The fraction of sp³-hybridized carbons (Fsp3) is 0.273. The van der Waals surface area contributed by atoms with Crippen LogP contribution in [0.15, 0.2) is 28.2 Å². The van der Waals surface area contributed by atoms with Gasteiger partial charge in [-0.2, -0.15) is 0 Å². The zero-order chi connectivity index (χ0) is 10.0. The van der Waals surface area contributed by atoms with E-state index in [0.717, 1.165) is 15.6 Å². The highest BCUT2D eigenvalue weighted by Crippen LogP contribution is 2.24. The van der Waals surface area contributed by atoms with Gasteiger partial charge in [0, 0.05) is 10.0 Å². The summed E-state index contributed by atoms with van der Waals surface area (Å²) in [6.45, 7) is 5.89. The number of benzene rings is 1. The average molecular weight is 243 g/mol. The van der Waals surface area contributed by atoms with E-state index < -0.39 is 0 Å². The summed E-state index contributed by atoms with van der Waals surface area (Å²) in [5.74, 6) is -0.165. The van der Waals surface area contributed by atoms with Crippen molar-refractivity contribution in [1.29, 1.82) is 0 Å². The molecular weight excluding hydrogens is 231 g/mol. The van der Waals surface area contributed by atoms with Crippen molar-refractivity contribution in [3.63, 3.8) is 0 Å².